The third-order valence-corrected chi connectivity index (χ3v) is 4.89. The smallest absolute Gasteiger partial charge is 0.317 e. The van der Waals surface area contributed by atoms with E-state index in [-0.39, 0.29) is 79.2 Å². The number of hydrogen-bond donors (Lipinski definition) is 3. The largest absolute Gasteiger partial charge is 0.640 e. The fourth-order valence-electron chi connectivity index (χ4n) is 2.72. The maximum atomic E-state index is 11.8. The first-order valence-electron chi connectivity index (χ1n) is 12.2. The van der Waals surface area contributed by atoms with E-state index >= 15 is 0 Å². The summed E-state index contributed by atoms with van der Waals surface area (Å²) in [6.45, 7) is 5.78. The van der Waals surface area contributed by atoms with Gasteiger partial charge in [-0.2, -0.15) is 7.11 Å². The molecule has 0 aliphatic heterocycles. The van der Waals surface area contributed by atoms with Gasteiger partial charge in [-0.15, -0.1) is 0 Å². The average Bonchev–Trinajstić information content (AvgIpc) is 2.82. The molecule has 233 valence electrons. The summed E-state index contributed by atoms with van der Waals surface area (Å²) in [7, 11) is 4.01. The molecule has 0 amide bonds. The fourth-order valence-corrected chi connectivity index (χ4v) is 2.72. The molecule has 14 heteroatoms. The molecule has 0 bridgehead atoms. The summed E-state index contributed by atoms with van der Waals surface area (Å²) in [5, 5.41) is 28.7. The van der Waals surface area contributed by atoms with Crippen LogP contribution in [0.3, 0.4) is 0 Å². The second-order valence-electron chi connectivity index (χ2n) is 9.15. The SMILES string of the molecule is C.CCCC(C)(CO)OC(=O)CC(=O)OCCC(C)(O)COC(=O)CCCC(C)O.[CH2-]OC(=O)CC(=O)OC.[Y]. The van der Waals surface area contributed by atoms with Crippen LogP contribution in [-0.2, 0) is 80.4 Å². The molecule has 3 N–H and O–H groups in total. The van der Waals surface area contributed by atoms with Gasteiger partial charge in [0.05, 0.1) is 32.0 Å². The molecule has 3 atom stereocenters. The molecule has 0 fully saturated rings. The molecule has 0 spiro atoms. The number of carbonyl (C=O) groups is 5. The summed E-state index contributed by atoms with van der Waals surface area (Å²) in [5.74, 6) is -3.40. The van der Waals surface area contributed by atoms with Crippen molar-refractivity contribution < 1.29 is 95.7 Å². The summed E-state index contributed by atoms with van der Waals surface area (Å²) < 4.78 is 23.1. The van der Waals surface area contributed by atoms with Gasteiger partial charge in [0.15, 0.2) is 0 Å². The minimum atomic E-state index is -1.39. The molecule has 0 aliphatic rings. The van der Waals surface area contributed by atoms with Crippen molar-refractivity contribution in [1.82, 2.24) is 0 Å². The Morgan fingerprint density at radius 2 is 1.50 bits per heavy atom. The molecule has 0 aromatic heterocycles. The van der Waals surface area contributed by atoms with E-state index in [2.05, 4.69) is 16.6 Å². The van der Waals surface area contributed by atoms with Crippen molar-refractivity contribution in [3.8, 4) is 0 Å². The second kappa shape index (κ2) is 25.1. The predicted molar refractivity (Wildman–Crippen MR) is 139 cm³/mol. The van der Waals surface area contributed by atoms with Crippen LogP contribution < -0.4 is 0 Å². The number of aliphatic hydroxyl groups excluding tert-OH is 2. The Hall–Kier alpha value is -1.67. The molecule has 3 unspecified atom stereocenters. The normalized spacial score (nSPS) is 13.6. The third kappa shape index (κ3) is 26.6. The Morgan fingerprint density at radius 3 is 1.98 bits per heavy atom. The zero-order valence-electron chi connectivity index (χ0n) is 23.6. The summed E-state index contributed by atoms with van der Waals surface area (Å²) in [5.41, 5.74) is -2.42. The van der Waals surface area contributed by atoms with Gasteiger partial charge in [0.2, 0.25) is 0 Å². The number of esters is 5. The standard InChI is InChI=1S/C20H36O9.C5H7O4.CH4.Y/c1-5-9-20(4,13-21)29-18(25)12-17(24)27-11-10-19(3,26)14-28-16(23)8-6-7-15(2)22;1-8-4(6)3-5(7)9-2;;/h15,21-22,26H,5-14H2,1-4H3;1,3H2,2H3;1H4;/q;-1;;. The summed E-state index contributed by atoms with van der Waals surface area (Å²) in [4.78, 5) is 55.6. The Bertz CT molecular complexity index is 726. The molecule has 0 aliphatic carbocycles. The third-order valence-electron chi connectivity index (χ3n) is 4.89. The molecule has 0 rings (SSSR count). The van der Waals surface area contributed by atoms with Crippen LogP contribution in [-0.4, -0.2) is 89.4 Å². The van der Waals surface area contributed by atoms with Crippen molar-refractivity contribution in [2.24, 2.45) is 0 Å². The van der Waals surface area contributed by atoms with Crippen molar-refractivity contribution in [3.05, 3.63) is 7.11 Å². The Balaban J connectivity index is -0.000000505. The van der Waals surface area contributed by atoms with Gasteiger partial charge in [-0.1, -0.05) is 20.8 Å². The quantitative estimate of drug-likeness (QED) is 0.0889. The van der Waals surface area contributed by atoms with Crippen LogP contribution in [0, 0.1) is 7.11 Å². The van der Waals surface area contributed by atoms with Crippen molar-refractivity contribution in [2.75, 3.05) is 26.9 Å². The molecule has 0 saturated carbocycles. The van der Waals surface area contributed by atoms with Crippen LogP contribution in [0.5, 0.6) is 0 Å². The van der Waals surface area contributed by atoms with Crippen LogP contribution in [0.1, 0.15) is 86.5 Å². The molecule has 0 saturated heterocycles. The van der Waals surface area contributed by atoms with E-state index in [0.717, 1.165) is 0 Å². The predicted octanol–water partition coefficient (Wildman–Crippen LogP) is 1.77. The second-order valence-corrected chi connectivity index (χ2v) is 9.15. The first-order chi connectivity index (χ1) is 17.6. The number of ether oxygens (including phenoxy) is 5. The number of hydrogen-bond acceptors (Lipinski definition) is 13. The van der Waals surface area contributed by atoms with E-state index in [9.17, 15) is 34.2 Å². The Kier molecular flexibility index (Phi) is 28.4. The van der Waals surface area contributed by atoms with Gasteiger partial charge in [-0.3, -0.25) is 24.0 Å². The zero-order valence-corrected chi connectivity index (χ0v) is 26.4. The first kappa shape index (κ1) is 45.3. The fraction of sp³-hybridized carbons (Fsp3) is 0.769. The van der Waals surface area contributed by atoms with Crippen molar-refractivity contribution in [1.29, 1.82) is 0 Å². The van der Waals surface area contributed by atoms with Gasteiger partial charge in [-0.25, -0.2) is 0 Å². The molecular formula is C26H47O13Y-. The van der Waals surface area contributed by atoms with E-state index < -0.39 is 53.6 Å². The molecule has 40 heavy (non-hydrogen) atoms. The van der Waals surface area contributed by atoms with E-state index in [4.69, 9.17) is 19.3 Å². The molecule has 1 radical (unpaired) electrons. The minimum Gasteiger partial charge on any atom is -0.640 e. The van der Waals surface area contributed by atoms with E-state index in [1.807, 2.05) is 6.92 Å². The van der Waals surface area contributed by atoms with Gasteiger partial charge < -0.3 is 39.0 Å². The molecule has 13 nitrogen and oxygen atoms in total. The van der Waals surface area contributed by atoms with Crippen LogP contribution in [0.25, 0.3) is 0 Å². The van der Waals surface area contributed by atoms with Gasteiger partial charge in [0, 0.05) is 45.6 Å². The molecule has 0 aromatic rings. The van der Waals surface area contributed by atoms with Crippen LogP contribution in [0.2, 0.25) is 0 Å². The maximum Gasteiger partial charge on any atom is 0.317 e. The number of carbonyl (C=O) groups excluding carboxylic acids is 5. The summed E-state index contributed by atoms with van der Waals surface area (Å²) in [6.07, 6.45) is 0.836. The van der Waals surface area contributed by atoms with E-state index in [1.54, 1.807) is 13.8 Å². The maximum absolute atomic E-state index is 11.8. The van der Waals surface area contributed by atoms with Crippen molar-refractivity contribution >= 4 is 29.8 Å². The monoisotopic (exact) mass is 656 g/mol. The van der Waals surface area contributed by atoms with Gasteiger partial charge >= 0.3 is 23.9 Å². The van der Waals surface area contributed by atoms with Gasteiger partial charge in [-0.05, 0) is 40.0 Å². The molecular weight excluding hydrogens is 609 g/mol. The number of aliphatic hydroxyl groups is 3. The zero-order chi connectivity index (χ0) is 29.8. The Morgan fingerprint density at radius 1 is 0.925 bits per heavy atom. The average molecular weight is 657 g/mol. The van der Waals surface area contributed by atoms with E-state index in [0.29, 0.717) is 25.7 Å². The molecule has 0 aromatic carbocycles. The summed E-state index contributed by atoms with van der Waals surface area (Å²) in [6, 6.07) is 0. The van der Waals surface area contributed by atoms with Crippen LogP contribution in [0.15, 0.2) is 0 Å². The minimum absolute atomic E-state index is 0. The van der Waals surface area contributed by atoms with Gasteiger partial charge in [0.25, 0.3) is 5.97 Å². The molecule has 0 heterocycles. The van der Waals surface area contributed by atoms with Crippen molar-refractivity contribution in [3.63, 3.8) is 0 Å². The van der Waals surface area contributed by atoms with E-state index in [1.165, 1.54) is 14.0 Å². The van der Waals surface area contributed by atoms with Crippen LogP contribution >= 0.6 is 0 Å². The van der Waals surface area contributed by atoms with Crippen LogP contribution in [0.4, 0.5) is 0 Å². The number of methoxy groups -OCH3 is 1. The topological polar surface area (TPSA) is 192 Å². The summed E-state index contributed by atoms with van der Waals surface area (Å²) >= 11 is 0. The first-order valence-corrected chi connectivity index (χ1v) is 12.2. The Labute approximate surface area is 262 Å². The van der Waals surface area contributed by atoms with Crippen molar-refractivity contribution in [2.45, 2.75) is 104 Å². The van der Waals surface area contributed by atoms with Gasteiger partial charge in [0.1, 0.15) is 25.0 Å². The number of rotatable bonds is 17.